The Kier molecular flexibility index (Phi) is 13.0. The van der Waals surface area contributed by atoms with Gasteiger partial charge in [0.2, 0.25) is 5.79 Å². The minimum Gasteiger partial charge on any atom is -0.494 e. The van der Waals surface area contributed by atoms with Crippen LogP contribution in [-0.4, -0.2) is 56.4 Å². The average Bonchev–Trinajstić information content (AvgIpc) is 3.59. The lowest BCUT2D eigenvalue weighted by molar-refractivity contribution is -0.357. The third-order valence-corrected chi connectivity index (χ3v) is 11.5. The highest BCUT2D eigenvalue weighted by Crippen LogP contribution is 2.54. The van der Waals surface area contributed by atoms with Gasteiger partial charge in [0.25, 0.3) is 0 Å². The zero-order chi connectivity index (χ0) is 39.9. The largest absolute Gasteiger partial charge is 0.494 e. The van der Waals surface area contributed by atoms with E-state index in [4.69, 9.17) is 40.0 Å². The molecule has 5 aromatic carbocycles. The van der Waals surface area contributed by atoms with Crippen LogP contribution in [0.5, 0.6) is 5.75 Å². The van der Waals surface area contributed by atoms with Crippen molar-refractivity contribution in [2.75, 3.05) is 13.2 Å². The van der Waals surface area contributed by atoms with Gasteiger partial charge >= 0.3 is 0 Å². The lowest BCUT2D eigenvalue weighted by Crippen LogP contribution is -2.69. The van der Waals surface area contributed by atoms with Gasteiger partial charge in [-0.1, -0.05) is 146 Å². The molecule has 1 unspecified atom stereocenters. The van der Waals surface area contributed by atoms with Crippen molar-refractivity contribution < 1.29 is 33.5 Å². The summed E-state index contributed by atoms with van der Waals surface area (Å²) in [6.07, 6.45) is -3.24. The fourth-order valence-electron chi connectivity index (χ4n) is 7.42. The van der Waals surface area contributed by atoms with E-state index in [1.807, 2.05) is 140 Å². The van der Waals surface area contributed by atoms with Crippen LogP contribution in [0.15, 0.2) is 133 Å². The topological polar surface area (TPSA) is 75.6 Å². The number of aliphatic hydroxyl groups is 1. The van der Waals surface area contributed by atoms with Gasteiger partial charge in [-0.3, -0.25) is 0 Å². The number of fused-ring (bicyclic) bond motifs is 2. The van der Waals surface area contributed by atoms with Gasteiger partial charge in [0.1, 0.15) is 38.2 Å². The summed E-state index contributed by atoms with van der Waals surface area (Å²) >= 11 is 6.94. The number of ether oxygens (including phenoxy) is 6. The van der Waals surface area contributed by atoms with E-state index in [1.165, 1.54) is 0 Å². The van der Waals surface area contributed by atoms with Gasteiger partial charge in [-0.25, -0.2) is 0 Å². The van der Waals surface area contributed by atoms with Crippen molar-refractivity contribution in [1.29, 1.82) is 0 Å². The van der Waals surface area contributed by atoms with E-state index in [1.54, 1.807) is 0 Å². The average molecular weight is 803 g/mol. The Morgan fingerprint density at radius 2 is 1.30 bits per heavy atom. The van der Waals surface area contributed by atoms with Gasteiger partial charge in [-0.15, -0.1) is 5.54 Å². The second kappa shape index (κ2) is 18.1. The summed E-state index contributed by atoms with van der Waals surface area (Å²) in [4.78, 5) is 0. The van der Waals surface area contributed by atoms with Crippen molar-refractivity contribution in [3.63, 3.8) is 0 Å². The first-order chi connectivity index (χ1) is 27.6. The second-order valence-corrected chi connectivity index (χ2v) is 20.8. The quantitative estimate of drug-likeness (QED) is 0.0836. The number of rotatable bonds is 15. The Bertz CT molecular complexity index is 2120. The van der Waals surface area contributed by atoms with Crippen molar-refractivity contribution in [3.05, 3.63) is 172 Å². The molecular weight excluding hydrogens is 752 g/mol. The molecule has 7 rings (SSSR count). The molecule has 2 aliphatic heterocycles. The minimum absolute atomic E-state index is 0.0265. The highest BCUT2D eigenvalue weighted by atomic mass is 35.5. The normalized spacial score (nSPS) is 23.4. The predicted molar refractivity (Wildman–Crippen MR) is 226 cm³/mol. The van der Waals surface area contributed by atoms with Crippen LogP contribution in [0.4, 0.5) is 0 Å². The molecule has 1 N–H and O–H groups in total. The van der Waals surface area contributed by atoms with Crippen LogP contribution in [-0.2, 0) is 55.7 Å². The Labute approximate surface area is 342 Å². The van der Waals surface area contributed by atoms with Crippen LogP contribution < -0.4 is 4.74 Å². The van der Waals surface area contributed by atoms with Gasteiger partial charge < -0.3 is 33.5 Å². The molecule has 296 valence electrons. The molecular formula is C48H51ClO7Si. The summed E-state index contributed by atoms with van der Waals surface area (Å²) < 4.78 is 40.9. The summed E-state index contributed by atoms with van der Waals surface area (Å²) in [6, 6.07) is 43.8. The monoisotopic (exact) mass is 802 g/mol. The SMILES string of the molecule is CCOc1ccc(Cc2cc([C@]34OC[C@@](C(O)C#C[Si](C)(C)C)(O3)[C@@H](OCc3ccccc3)[C@H](OCc3ccccc3)[C@H]4OCc3ccccc3)ccc2Cl)cc1. The zero-order valence-electron chi connectivity index (χ0n) is 33.0. The van der Waals surface area contributed by atoms with Crippen LogP contribution in [0.25, 0.3) is 0 Å². The van der Waals surface area contributed by atoms with Crippen molar-refractivity contribution in [1.82, 2.24) is 0 Å². The first-order valence-corrected chi connectivity index (χ1v) is 23.5. The van der Waals surface area contributed by atoms with Crippen molar-refractivity contribution in [2.45, 2.75) is 88.6 Å². The molecule has 2 aliphatic rings. The third-order valence-electron chi connectivity index (χ3n) is 10.3. The molecule has 0 amide bonds. The highest BCUT2D eigenvalue weighted by Gasteiger charge is 2.71. The Hall–Kier alpha value is -4.27. The lowest BCUT2D eigenvalue weighted by atomic mass is 9.80. The van der Waals surface area contributed by atoms with Gasteiger partial charge in [-0.05, 0) is 65.4 Å². The fraction of sp³-hybridized carbons (Fsp3) is 0.333. The maximum Gasteiger partial charge on any atom is 0.225 e. The molecule has 0 radical (unpaired) electrons. The van der Waals surface area contributed by atoms with E-state index in [0.717, 1.165) is 33.6 Å². The number of benzene rings is 5. The molecule has 0 aliphatic carbocycles. The molecule has 0 saturated carbocycles. The summed E-state index contributed by atoms with van der Waals surface area (Å²) in [5.41, 5.74) is 7.47. The predicted octanol–water partition coefficient (Wildman–Crippen LogP) is 9.28. The molecule has 9 heteroatoms. The second-order valence-electron chi connectivity index (χ2n) is 15.7. The van der Waals surface area contributed by atoms with Crippen LogP contribution in [0, 0.1) is 11.5 Å². The molecule has 57 heavy (non-hydrogen) atoms. The molecule has 0 aromatic heterocycles. The summed E-state index contributed by atoms with van der Waals surface area (Å²) in [7, 11) is -1.93. The maximum atomic E-state index is 12.3. The standard InChI is InChI=1S/C48H51ClO7Si/c1-5-51-41-24-21-35(22-25-41)29-39-30-40(23-26-42(39)49)48-46(54-33-38-19-13-8-14-20-38)44(52-31-36-15-9-6-10-16-36)45(53-32-37-17-11-7-12-18-37)47(56-48,34-55-48)43(50)27-28-57(2,3)4/h6-26,30,43-46,50H,5,29,31-34H2,1-4H3/t43?,44-,45-,46+,47-,48-/m0/s1. The van der Waals surface area contributed by atoms with Gasteiger partial charge in [0.15, 0.2) is 5.60 Å². The first kappa shape index (κ1) is 40.9. The lowest BCUT2D eigenvalue weighted by Gasteiger charge is -2.51. The van der Waals surface area contributed by atoms with E-state index >= 15 is 0 Å². The summed E-state index contributed by atoms with van der Waals surface area (Å²) in [5.74, 6) is 2.47. The Balaban J connectivity index is 1.36. The fourth-order valence-corrected chi connectivity index (χ4v) is 8.17. The Morgan fingerprint density at radius 3 is 1.86 bits per heavy atom. The summed E-state index contributed by atoms with van der Waals surface area (Å²) in [5, 5.41) is 12.9. The smallest absolute Gasteiger partial charge is 0.225 e. The van der Waals surface area contributed by atoms with E-state index in [0.29, 0.717) is 23.6 Å². The van der Waals surface area contributed by atoms with Crippen LogP contribution in [0.1, 0.15) is 40.3 Å². The number of aliphatic hydroxyl groups excluding tert-OH is 1. The minimum atomic E-state index is -1.93. The van der Waals surface area contributed by atoms with E-state index in [2.05, 4.69) is 31.1 Å². The van der Waals surface area contributed by atoms with Crippen LogP contribution >= 0.6 is 11.6 Å². The molecule has 5 aromatic rings. The van der Waals surface area contributed by atoms with Crippen molar-refractivity contribution in [2.24, 2.45) is 0 Å². The third kappa shape index (κ3) is 9.55. The molecule has 2 bridgehead atoms. The molecule has 7 nitrogen and oxygen atoms in total. The molecule has 6 atom stereocenters. The molecule has 2 saturated heterocycles. The number of hydrogen-bond donors (Lipinski definition) is 1. The van der Waals surface area contributed by atoms with Crippen molar-refractivity contribution in [3.8, 4) is 17.2 Å². The van der Waals surface area contributed by atoms with E-state index in [9.17, 15) is 5.11 Å². The zero-order valence-corrected chi connectivity index (χ0v) is 34.8. The molecule has 0 spiro atoms. The molecule has 2 fully saturated rings. The van der Waals surface area contributed by atoms with Crippen LogP contribution in [0.3, 0.4) is 0 Å². The molecule has 2 heterocycles. The van der Waals surface area contributed by atoms with Gasteiger partial charge in [0.05, 0.1) is 33.0 Å². The van der Waals surface area contributed by atoms with E-state index < -0.39 is 43.9 Å². The maximum absolute atomic E-state index is 12.3. The number of halogens is 1. The number of hydrogen-bond acceptors (Lipinski definition) is 7. The van der Waals surface area contributed by atoms with Gasteiger partial charge in [-0.2, -0.15) is 0 Å². The van der Waals surface area contributed by atoms with Crippen molar-refractivity contribution >= 4 is 19.7 Å². The first-order valence-electron chi connectivity index (χ1n) is 19.6. The van der Waals surface area contributed by atoms with Crippen LogP contribution in [0.2, 0.25) is 24.7 Å². The Morgan fingerprint density at radius 1 is 0.737 bits per heavy atom. The van der Waals surface area contributed by atoms with Gasteiger partial charge in [0, 0.05) is 10.6 Å². The summed E-state index contributed by atoms with van der Waals surface area (Å²) in [6.45, 7) is 9.70. The van der Waals surface area contributed by atoms with E-state index in [-0.39, 0.29) is 26.4 Å². The highest BCUT2D eigenvalue weighted by molar-refractivity contribution is 6.83.